The third-order valence-electron chi connectivity index (χ3n) is 4.57. The van der Waals surface area contributed by atoms with E-state index in [0.717, 1.165) is 10.0 Å². The van der Waals surface area contributed by atoms with Crippen LogP contribution in [0.15, 0.2) is 83.0 Å². The van der Waals surface area contributed by atoms with Crippen LogP contribution < -0.4 is 15.4 Å². The molecule has 3 aromatic rings. The summed E-state index contributed by atoms with van der Waals surface area (Å²) in [7, 11) is 1.47. The number of hydrogen-bond donors (Lipinski definition) is 2. The monoisotopic (exact) mass is 492 g/mol. The van der Waals surface area contributed by atoms with Crippen LogP contribution in [-0.4, -0.2) is 24.7 Å². The molecule has 0 aromatic heterocycles. The predicted octanol–water partition coefficient (Wildman–Crippen LogP) is 5.07. The Morgan fingerprint density at radius 3 is 2.19 bits per heavy atom. The molecule has 7 heteroatoms. The molecule has 3 rings (SSSR count). The van der Waals surface area contributed by atoms with Crippen molar-refractivity contribution in [2.75, 3.05) is 12.4 Å². The smallest absolute Gasteiger partial charge is 0.272 e. The molecule has 0 aliphatic carbocycles. The van der Waals surface area contributed by atoms with E-state index in [1.807, 2.05) is 24.3 Å². The third-order valence-corrected chi connectivity index (χ3v) is 5.10. The Balaban J connectivity index is 1.89. The quantitative estimate of drug-likeness (QED) is 0.356. The van der Waals surface area contributed by atoms with Crippen molar-refractivity contribution in [3.63, 3.8) is 0 Å². The average Bonchev–Trinajstić information content (AvgIpc) is 2.80. The molecule has 0 heterocycles. The average molecular weight is 493 g/mol. The van der Waals surface area contributed by atoms with Gasteiger partial charge in [0.05, 0.1) is 12.7 Å². The standard InChI is InChI=1S/C25H21BrN2O4/c1-16(29)18-9-13-20(14-10-18)27-25(31)22(15-17-7-11-19(26)12-8-17)28-24(30)21-5-3-4-6-23(21)32-2/h3-15H,1-2H3,(H,27,31)(H,28,30)/b22-15+. The highest BCUT2D eigenvalue weighted by molar-refractivity contribution is 9.10. The molecule has 2 N–H and O–H groups in total. The molecule has 0 spiro atoms. The van der Waals surface area contributed by atoms with Crippen molar-refractivity contribution >= 4 is 45.3 Å². The number of carbonyl (C=O) groups is 3. The molecule has 0 saturated heterocycles. The number of rotatable bonds is 7. The first kappa shape index (κ1) is 23.0. The number of ketones is 1. The fraction of sp³-hybridized carbons (Fsp3) is 0.0800. The first-order valence-corrected chi connectivity index (χ1v) is 10.5. The highest BCUT2D eigenvalue weighted by atomic mass is 79.9. The summed E-state index contributed by atoms with van der Waals surface area (Å²) in [5.41, 5.74) is 2.12. The van der Waals surface area contributed by atoms with E-state index in [1.165, 1.54) is 14.0 Å². The van der Waals surface area contributed by atoms with E-state index in [4.69, 9.17) is 4.74 Å². The first-order valence-electron chi connectivity index (χ1n) is 9.71. The van der Waals surface area contributed by atoms with Crippen LogP contribution in [0.25, 0.3) is 6.08 Å². The molecule has 6 nitrogen and oxygen atoms in total. The van der Waals surface area contributed by atoms with Gasteiger partial charge in [0, 0.05) is 15.7 Å². The van der Waals surface area contributed by atoms with Crippen molar-refractivity contribution in [3.8, 4) is 5.75 Å². The van der Waals surface area contributed by atoms with Crippen LogP contribution in [0, 0.1) is 0 Å². The van der Waals surface area contributed by atoms with Crippen LogP contribution in [0.4, 0.5) is 5.69 Å². The van der Waals surface area contributed by atoms with Gasteiger partial charge in [0.25, 0.3) is 11.8 Å². The molecule has 32 heavy (non-hydrogen) atoms. The second-order valence-electron chi connectivity index (χ2n) is 6.85. The molecule has 0 aliphatic rings. The minimum Gasteiger partial charge on any atom is -0.496 e. The van der Waals surface area contributed by atoms with Gasteiger partial charge in [-0.25, -0.2) is 0 Å². The zero-order chi connectivity index (χ0) is 23.1. The number of amides is 2. The second-order valence-corrected chi connectivity index (χ2v) is 7.77. The van der Waals surface area contributed by atoms with Gasteiger partial charge in [-0.3, -0.25) is 14.4 Å². The number of ether oxygens (including phenoxy) is 1. The Morgan fingerprint density at radius 2 is 1.56 bits per heavy atom. The van der Waals surface area contributed by atoms with Crippen molar-refractivity contribution in [2.45, 2.75) is 6.92 Å². The number of anilines is 1. The van der Waals surface area contributed by atoms with E-state index < -0.39 is 11.8 Å². The lowest BCUT2D eigenvalue weighted by molar-refractivity contribution is -0.113. The maximum atomic E-state index is 13.0. The van der Waals surface area contributed by atoms with E-state index in [9.17, 15) is 14.4 Å². The van der Waals surface area contributed by atoms with Crippen LogP contribution in [0.3, 0.4) is 0 Å². The highest BCUT2D eigenvalue weighted by Gasteiger charge is 2.18. The number of Topliss-reactive ketones (excluding diaryl/α,β-unsaturated/α-hetero) is 1. The van der Waals surface area contributed by atoms with E-state index in [0.29, 0.717) is 22.6 Å². The van der Waals surface area contributed by atoms with Crippen LogP contribution >= 0.6 is 15.9 Å². The van der Waals surface area contributed by atoms with Crippen molar-refractivity contribution in [1.29, 1.82) is 0 Å². The lowest BCUT2D eigenvalue weighted by Gasteiger charge is -2.13. The molecule has 0 atom stereocenters. The lowest BCUT2D eigenvalue weighted by Crippen LogP contribution is -2.31. The van der Waals surface area contributed by atoms with Gasteiger partial charge >= 0.3 is 0 Å². The molecule has 0 aliphatic heterocycles. The first-order chi connectivity index (χ1) is 15.4. The van der Waals surface area contributed by atoms with Crippen LogP contribution in [0.1, 0.15) is 33.2 Å². The molecule has 0 fully saturated rings. The fourth-order valence-corrected chi connectivity index (χ4v) is 3.16. The second kappa shape index (κ2) is 10.5. The summed E-state index contributed by atoms with van der Waals surface area (Å²) in [5, 5.41) is 5.44. The van der Waals surface area contributed by atoms with Gasteiger partial charge in [-0.1, -0.05) is 40.2 Å². The van der Waals surface area contributed by atoms with Crippen LogP contribution in [-0.2, 0) is 4.79 Å². The molecular weight excluding hydrogens is 472 g/mol. The summed E-state index contributed by atoms with van der Waals surface area (Å²) in [6, 6.07) is 20.6. The zero-order valence-electron chi connectivity index (χ0n) is 17.5. The van der Waals surface area contributed by atoms with Gasteiger partial charge in [-0.2, -0.15) is 0 Å². The number of methoxy groups -OCH3 is 1. The Bertz CT molecular complexity index is 1170. The SMILES string of the molecule is COc1ccccc1C(=O)N/C(=C/c1ccc(Br)cc1)C(=O)Nc1ccc(C(C)=O)cc1. The largest absolute Gasteiger partial charge is 0.496 e. The fourth-order valence-electron chi connectivity index (χ4n) is 2.89. The van der Waals surface area contributed by atoms with E-state index >= 15 is 0 Å². The highest BCUT2D eigenvalue weighted by Crippen LogP contribution is 2.19. The normalized spacial score (nSPS) is 10.9. The molecule has 162 valence electrons. The summed E-state index contributed by atoms with van der Waals surface area (Å²) >= 11 is 3.38. The molecule has 3 aromatic carbocycles. The van der Waals surface area contributed by atoms with Gasteiger partial charge in [0.15, 0.2) is 5.78 Å². The molecule has 0 saturated carbocycles. The van der Waals surface area contributed by atoms with Gasteiger partial charge in [-0.15, -0.1) is 0 Å². The van der Waals surface area contributed by atoms with Gasteiger partial charge in [0.1, 0.15) is 11.4 Å². The summed E-state index contributed by atoms with van der Waals surface area (Å²) in [5.74, 6) is -0.657. The Kier molecular flexibility index (Phi) is 7.57. The van der Waals surface area contributed by atoms with Gasteiger partial charge in [-0.05, 0) is 67.1 Å². The molecule has 0 unspecified atom stereocenters. The van der Waals surface area contributed by atoms with Crippen molar-refractivity contribution in [3.05, 3.63) is 99.7 Å². The number of halogens is 1. The van der Waals surface area contributed by atoms with Crippen molar-refractivity contribution in [2.24, 2.45) is 0 Å². The Hall–Kier alpha value is -3.71. The third kappa shape index (κ3) is 5.92. The minimum absolute atomic E-state index is 0.0545. The number of benzene rings is 3. The van der Waals surface area contributed by atoms with Crippen LogP contribution in [0.2, 0.25) is 0 Å². The maximum Gasteiger partial charge on any atom is 0.272 e. The Morgan fingerprint density at radius 1 is 0.906 bits per heavy atom. The molecule has 0 radical (unpaired) electrons. The summed E-state index contributed by atoms with van der Waals surface area (Å²) in [4.78, 5) is 37.4. The number of hydrogen-bond acceptors (Lipinski definition) is 4. The molecule has 2 amide bonds. The van der Waals surface area contributed by atoms with E-state index in [2.05, 4.69) is 26.6 Å². The molecular formula is C25H21BrN2O4. The summed E-state index contributed by atoms with van der Waals surface area (Å²) < 4.78 is 6.15. The molecule has 0 bridgehead atoms. The van der Waals surface area contributed by atoms with Crippen molar-refractivity contribution in [1.82, 2.24) is 5.32 Å². The number of para-hydroxylation sites is 1. The van der Waals surface area contributed by atoms with Crippen molar-refractivity contribution < 1.29 is 19.1 Å². The maximum absolute atomic E-state index is 13.0. The van der Waals surface area contributed by atoms with Gasteiger partial charge < -0.3 is 15.4 Å². The van der Waals surface area contributed by atoms with Crippen LogP contribution in [0.5, 0.6) is 5.75 Å². The number of nitrogens with one attached hydrogen (secondary N) is 2. The number of carbonyl (C=O) groups excluding carboxylic acids is 3. The zero-order valence-corrected chi connectivity index (χ0v) is 19.1. The van der Waals surface area contributed by atoms with Gasteiger partial charge in [0.2, 0.25) is 0 Å². The van der Waals surface area contributed by atoms with E-state index in [1.54, 1.807) is 54.6 Å². The topological polar surface area (TPSA) is 84.5 Å². The summed E-state index contributed by atoms with van der Waals surface area (Å²) in [6.07, 6.45) is 1.58. The van der Waals surface area contributed by atoms with E-state index in [-0.39, 0.29) is 11.5 Å². The Labute approximate surface area is 194 Å². The lowest BCUT2D eigenvalue weighted by atomic mass is 10.1. The summed E-state index contributed by atoms with van der Waals surface area (Å²) in [6.45, 7) is 1.47. The predicted molar refractivity (Wildman–Crippen MR) is 128 cm³/mol. The minimum atomic E-state index is -0.508.